The van der Waals surface area contributed by atoms with E-state index in [-0.39, 0.29) is 12.0 Å². The van der Waals surface area contributed by atoms with Crippen LogP contribution in [0.3, 0.4) is 0 Å². The minimum atomic E-state index is -0.988. The average molecular weight is 280 g/mol. The lowest BCUT2D eigenvalue weighted by atomic mass is 9.86. The van der Waals surface area contributed by atoms with E-state index < -0.39 is 5.97 Å². The van der Waals surface area contributed by atoms with E-state index in [4.69, 9.17) is 14.6 Å². The van der Waals surface area contributed by atoms with Crippen LogP contribution in [-0.2, 0) is 10.2 Å². The van der Waals surface area contributed by atoms with Crippen LogP contribution in [0.4, 0.5) is 0 Å². The van der Waals surface area contributed by atoms with Gasteiger partial charge in [-0.25, -0.2) is 4.79 Å². The van der Waals surface area contributed by atoms with Crippen molar-refractivity contribution in [3.63, 3.8) is 0 Å². The van der Waals surface area contributed by atoms with E-state index in [1.807, 2.05) is 6.07 Å². The van der Waals surface area contributed by atoms with Crippen LogP contribution in [0.15, 0.2) is 18.2 Å². The minimum Gasteiger partial charge on any atom is -0.493 e. The molecule has 0 saturated carbocycles. The molecule has 0 heterocycles. The Morgan fingerprint density at radius 3 is 2.50 bits per heavy atom. The second-order valence-corrected chi connectivity index (χ2v) is 5.79. The van der Waals surface area contributed by atoms with Gasteiger partial charge in [-0.05, 0) is 23.5 Å². The highest BCUT2D eigenvalue weighted by Gasteiger charge is 2.19. The van der Waals surface area contributed by atoms with Gasteiger partial charge in [0.05, 0.1) is 6.61 Å². The standard InChI is InChI=1S/C16H24O4/c1-5-6-9-19-14-10-12(20-11-15(17)18)7-8-13(14)16(2,3)4/h7-8,10H,5-6,9,11H2,1-4H3,(H,17,18). The Morgan fingerprint density at radius 1 is 1.25 bits per heavy atom. The maximum Gasteiger partial charge on any atom is 0.341 e. The monoisotopic (exact) mass is 280 g/mol. The zero-order valence-corrected chi connectivity index (χ0v) is 12.7. The molecule has 1 aromatic rings. The summed E-state index contributed by atoms with van der Waals surface area (Å²) in [6.45, 7) is 8.78. The van der Waals surface area contributed by atoms with Gasteiger partial charge in [0.15, 0.2) is 6.61 Å². The van der Waals surface area contributed by atoms with E-state index in [1.165, 1.54) is 0 Å². The summed E-state index contributed by atoms with van der Waals surface area (Å²) in [6, 6.07) is 5.51. The maximum absolute atomic E-state index is 10.5. The van der Waals surface area contributed by atoms with Crippen LogP contribution in [0, 0.1) is 0 Å². The second-order valence-electron chi connectivity index (χ2n) is 5.79. The number of rotatable bonds is 7. The third-order valence-corrected chi connectivity index (χ3v) is 2.88. The first-order valence-corrected chi connectivity index (χ1v) is 6.96. The Morgan fingerprint density at radius 2 is 1.95 bits per heavy atom. The molecule has 0 amide bonds. The summed E-state index contributed by atoms with van der Waals surface area (Å²) >= 11 is 0. The van der Waals surface area contributed by atoms with Crippen molar-refractivity contribution in [2.45, 2.75) is 46.0 Å². The zero-order valence-electron chi connectivity index (χ0n) is 12.7. The van der Waals surface area contributed by atoms with Gasteiger partial charge in [0.1, 0.15) is 11.5 Å². The summed E-state index contributed by atoms with van der Waals surface area (Å²) in [5, 5.41) is 8.65. The Kier molecular flexibility index (Phi) is 5.86. The Balaban J connectivity index is 2.92. The van der Waals surface area contributed by atoms with Gasteiger partial charge in [0.2, 0.25) is 0 Å². The van der Waals surface area contributed by atoms with Crippen LogP contribution in [-0.4, -0.2) is 24.3 Å². The summed E-state index contributed by atoms with van der Waals surface area (Å²) in [5.74, 6) is 0.305. The number of carbonyl (C=O) groups is 1. The lowest BCUT2D eigenvalue weighted by molar-refractivity contribution is -0.139. The molecule has 0 spiro atoms. The summed E-state index contributed by atoms with van der Waals surface area (Å²) in [7, 11) is 0. The highest BCUT2D eigenvalue weighted by molar-refractivity contribution is 5.68. The molecule has 1 aromatic carbocycles. The Bertz CT molecular complexity index is 446. The van der Waals surface area contributed by atoms with Crippen LogP contribution in [0.5, 0.6) is 11.5 Å². The Labute approximate surface area is 120 Å². The molecule has 0 saturated heterocycles. The van der Waals surface area contributed by atoms with Gasteiger partial charge in [-0.2, -0.15) is 0 Å². The van der Waals surface area contributed by atoms with E-state index in [1.54, 1.807) is 12.1 Å². The number of hydrogen-bond donors (Lipinski definition) is 1. The van der Waals surface area contributed by atoms with Crippen molar-refractivity contribution in [3.8, 4) is 11.5 Å². The number of carboxylic acid groups (broad SMARTS) is 1. The van der Waals surface area contributed by atoms with Crippen LogP contribution < -0.4 is 9.47 Å². The van der Waals surface area contributed by atoms with Crippen molar-refractivity contribution >= 4 is 5.97 Å². The highest BCUT2D eigenvalue weighted by atomic mass is 16.5. The molecule has 0 aliphatic heterocycles. The van der Waals surface area contributed by atoms with E-state index in [0.29, 0.717) is 12.4 Å². The van der Waals surface area contributed by atoms with E-state index in [2.05, 4.69) is 27.7 Å². The molecule has 1 rings (SSSR count). The largest absolute Gasteiger partial charge is 0.493 e. The molecule has 0 radical (unpaired) electrons. The lowest BCUT2D eigenvalue weighted by Crippen LogP contribution is -2.14. The van der Waals surface area contributed by atoms with Gasteiger partial charge in [-0.15, -0.1) is 0 Å². The van der Waals surface area contributed by atoms with Gasteiger partial charge >= 0.3 is 5.97 Å². The van der Waals surface area contributed by atoms with Gasteiger partial charge in [-0.3, -0.25) is 0 Å². The van der Waals surface area contributed by atoms with E-state index in [9.17, 15) is 4.79 Å². The molecule has 4 nitrogen and oxygen atoms in total. The molecular weight excluding hydrogens is 256 g/mol. The number of aliphatic carboxylic acids is 1. The molecule has 0 atom stereocenters. The van der Waals surface area contributed by atoms with Crippen LogP contribution in [0.1, 0.15) is 46.1 Å². The first-order valence-electron chi connectivity index (χ1n) is 6.96. The van der Waals surface area contributed by atoms with Gasteiger partial charge in [0, 0.05) is 6.07 Å². The normalized spacial score (nSPS) is 11.2. The van der Waals surface area contributed by atoms with Crippen LogP contribution >= 0.6 is 0 Å². The number of hydrogen-bond acceptors (Lipinski definition) is 3. The van der Waals surface area contributed by atoms with Crippen molar-refractivity contribution in [1.29, 1.82) is 0 Å². The van der Waals surface area contributed by atoms with Crippen LogP contribution in [0.25, 0.3) is 0 Å². The number of ether oxygens (including phenoxy) is 2. The maximum atomic E-state index is 10.5. The van der Waals surface area contributed by atoms with Crippen molar-refractivity contribution in [3.05, 3.63) is 23.8 Å². The molecule has 0 aliphatic carbocycles. The first-order chi connectivity index (χ1) is 9.34. The molecule has 112 valence electrons. The summed E-state index contributed by atoms with van der Waals surface area (Å²) in [6.07, 6.45) is 2.06. The SMILES string of the molecule is CCCCOc1cc(OCC(=O)O)ccc1C(C)(C)C. The third-order valence-electron chi connectivity index (χ3n) is 2.88. The fourth-order valence-electron chi connectivity index (χ4n) is 1.80. The van der Waals surface area contributed by atoms with E-state index >= 15 is 0 Å². The minimum absolute atomic E-state index is 0.0348. The number of unbranched alkanes of at least 4 members (excludes halogenated alkanes) is 1. The van der Waals surface area contributed by atoms with Gasteiger partial charge in [-0.1, -0.05) is 40.2 Å². The molecule has 0 unspecified atom stereocenters. The fraction of sp³-hybridized carbons (Fsp3) is 0.562. The smallest absolute Gasteiger partial charge is 0.341 e. The number of carboxylic acids is 1. The van der Waals surface area contributed by atoms with Crippen molar-refractivity contribution in [1.82, 2.24) is 0 Å². The lowest BCUT2D eigenvalue weighted by Gasteiger charge is -2.23. The van der Waals surface area contributed by atoms with Gasteiger partial charge in [0.25, 0.3) is 0 Å². The predicted molar refractivity (Wildman–Crippen MR) is 78.7 cm³/mol. The van der Waals surface area contributed by atoms with Gasteiger partial charge < -0.3 is 14.6 Å². The fourth-order valence-corrected chi connectivity index (χ4v) is 1.80. The molecule has 0 aliphatic rings. The van der Waals surface area contributed by atoms with Crippen molar-refractivity contribution in [2.24, 2.45) is 0 Å². The quantitative estimate of drug-likeness (QED) is 0.775. The molecule has 0 bridgehead atoms. The first kappa shape index (κ1) is 16.3. The van der Waals surface area contributed by atoms with Crippen molar-refractivity contribution < 1.29 is 19.4 Å². The molecule has 1 N–H and O–H groups in total. The molecule has 4 heteroatoms. The summed E-state index contributed by atoms with van der Waals surface area (Å²) in [4.78, 5) is 10.5. The summed E-state index contributed by atoms with van der Waals surface area (Å²) < 4.78 is 11.0. The predicted octanol–water partition coefficient (Wildman–Crippen LogP) is 3.63. The van der Waals surface area contributed by atoms with Crippen molar-refractivity contribution in [2.75, 3.05) is 13.2 Å². The Hall–Kier alpha value is -1.71. The molecular formula is C16H24O4. The number of benzene rings is 1. The summed E-state index contributed by atoms with van der Waals surface area (Å²) in [5.41, 5.74) is 1.06. The van der Waals surface area contributed by atoms with Crippen LogP contribution in [0.2, 0.25) is 0 Å². The topological polar surface area (TPSA) is 55.8 Å². The molecule has 0 fully saturated rings. The second kappa shape index (κ2) is 7.17. The van der Waals surface area contributed by atoms with E-state index in [0.717, 1.165) is 24.2 Å². The zero-order chi connectivity index (χ0) is 15.2. The highest BCUT2D eigenvalue weighted by Crippen LogP contribution is 2.34. The molecule has 0 aromatic heterocycles. The molecule has 20 heavy (non-hydrogen) atoms. The average Bonchev–Trinajstić information content (AvgIpc) is 2.35. The third kappa shape index (κ3) is 5.11.